The second kappa shape index (κ2) is 6.73. The second-order valence-electron chi connectivity index (χ2n) is 4.39. The molecule has 0 saturated heterocycles. The summed E-state index contributed by atoms with van der Waals surface area (Å²) < 4.78 is 69.0. The van der Waals surface area contributed by atoms with Crippen LogP contribution in [0.25, 0.3) is 0 Å². The van der Waals surface area contributed by atoms with Crippen LogP contribution in [0.5, 0.6) is 0 Å². The lowest BCUT2D eigenvalue weighted by atomic mass is 10.1. The van der Waals surface area contributed by atoms with Crippen LogP contribution in [0.1, 0.15) is 11.1 Å². The predicted molar refractivity (Wildman–Crippen MR) is 69.3 cm³/mol. The van der Waals surface area contributed by atoms with E-state index in [1.54, 1.807) is 0 Å². The molecular weight excluding hydrogens is 311 g/mol. The number of nitrogens with one attached hydrogen (secondary N) is 1. The van der Waals surface area contributed by atoms with Crippen molar-refractivity contribution in [1.29, 1.82) is 0 Å². The first kappa shape index (κ1) is 17.9. The Hall–Kier alpha value is -1.16. The van der Waals surface area contributed by atoms with Gasteiger partial charge in [-0.3, -0.25) is 0 Å². The van der Waals surface area contributed by atoms with Gasteiger partial charge in [-0.15, -0.1) is 0 Å². The monoisotopic (exact) mass is 327 g/mol. The van der Waals surface area contributed by atoms with Crippen LogP contribution in [0.2, 0.25) is 0 Å². The number of alkyl halides is 3. The van der Waals surface area contributed by atoms with Crippen molar-refractivity contribution >= 4 is 10.0 Å². The molecule has 120 valence electrons. The Kier molecular flexibility index (Phi) is 5.74. The zero-order chi connectivity index (χ0) is 16.3. The van der Waals surface area contributed by atoms with E-state index in [1.807, 2.05) is 0 Å². The lowest BCUT2D eigenvalue weighted by molar-refractivity contribution is -0.138. The van der Waals surface area contributed by atoms with E-state index < -0.39 is 38.3 Å². The molecule has 1 rings (SSSR count). The number of sulfonamides is 1. The number of hydrogen-bond acceptors (Lipinski definition) is 4. The molecule has 0 aliphatic carbocycles. The second-order valence-corrected chi connectivity index (χ2v) is 6.12. The maximum absolute atomic E-state index is 12.8. The lowest BCUT2D eigenvalue weighted by Gasteiger charge is -2.16. The Morgan fingerprint density at radius 1 is 1.38 bits per heavy atom. The minimum Gasteiger partial charge on any atom is -0.389 e. The average molecular weight is 327 g/mol. The van der Waals surface area contributed by atoms with Crippen LogP contribution in [0.3, 0.4) is 0 Å². The van der Waals surface area contributed by atoms with Gasteiger partial charge < -0.3 is 9.84 Å². The SMILES string of the molecule is COCC(O)CNS(=O)(=O)c1cccc(C(F)(F)F)c1C. The van der Waals surface area contributed by atoms with Gasteiger partial charge in [-0.1, -0.05) is 6.07 Å². The van der Waals surface area contributed by atoms with Gasteiger partial charge in [0.2, 0.25) is 10.0 Å². The summed E-state index contributed by atoms with van der Waals surface area (Å²) in [5.41, 5.74) is -1.40. The molecular formula is C12H16F3NO4S. The smallest absolute Gasteiger partial charge is 0.389 e. The van der Waals surface area contributed by atoms with E-state index in [-0.39, 0.29) is 13.2 Å². The third-order valence-electron chi connectivity index (χ3n) is 2.75. The van der Waals surface area contributed by atoms with Gasteiger partial charge >= 0.3 is 6.18 Å². The predicted octanol–water partition coefficient (Wildman–Crippen LogP) is 1.30. The summed E-state index contributed by atoms with van der Waals surface area (Å²) in [6.45, 7) is 0.638. The Morgan fingerprint density at radius 3 is 2.52 bits per heavy atom. The third kappa shape index (κ3) is 4.67. The average Bonchev–Trinajstić information content (AvgIpc) is 2.35. The van der Waals surface area contributed by atoms with E-state index in [0.717, 1.165) is 25.1 Å². The minimum atomic E-state index is -4.63. The maximum atomic E-state index is 12.8. The van der Waals surface area contributed by atoms with E-state index in [4.69, 9.17) is 0 Å². The van der Waals surface area contributed by atoms with Crippen LogP contribution in [0.15, 0.2) is 23.1 Å². The summed E-state index contributed by atoms with van der Waals surface area (Å²) >= 11 is 0. The van der Waals surface area contributed by atoms with Gasteiger partial charge in [-0.2, -0.15) is 13.2 Å². The van der Waals surface area contributed by atoms with Gasteiger partial charge in [-0.25, -0.2) is 13.1 Å². The molecule has 9 heteroatoms. The van der Waals surface area contributed by atoms with Crippen LogP contribution in [-0.4, -0.2) is 39.9 Å². The molecule has 0 bridgehead atoms. The highest BCUT2D eigenvalue weighted by Crippen LogP contribution is 2.34. The van der Waals surface area contributed by atoms with Crippen LogP contribution in [-0.2, 0) is 20.9 Å². The Morgan fingerprint density at radius 2 is 2.00 bits per heavy atom. The first-order valence-corrected chi connectivity index (χ1v) is 7.41. The molecule has 0 heterocycles. The van der Waals surface area contributed by atoms with Crippen molar-refractivity contribution in [3.8, 4) is 0 Å². The van der Waals surface area contributed by atoms with Gasteiger partial charge in [0.15, 0.2) is 0 Å². The standard InChI is InChI=1S/C12H16F3NO4S/c1-8-10(12(13,14)15)4-3-5-11(8)21(18,19)16-6-9(17)7-20-2/h3-5,9,16-17H,6-7H2,1-2H3. The van der Waals surface area contributed by atoms with Gasteiger partial charge in [0.25, 0.3) is 0 Å². The Bertz CT molecular complexity index is 587. The highest BCUT2D eigenvalue weighted by Gasteiger charge is 2.34. The molecule has 1 atom stereocenters. The summed E-state index contributed by atoms with van der Waals surface area (Å²) in [7, 11) is -2.82. The molecule has 21 heavy (non-hydrogen) atoms. The van der Waals surface area contributed by atoms with E-state index in [9.17, 15) is 26.7 Å². The zero-order valence-electron chi connectivity index (χ0n) is 11.4. The molecule has 0 amide bonds. The van der Waals surface area contributed by atoms with E-state index in [2.05, 4.69) is 9.46 Å². The van der Waals surface area contributed by atoms with Crippen molar-refractivity contribution in [2.24, 2.45) is 0 Å². The molecule has 0 spiro atoms. The third-order valence-corrected chi connectivity index (χ3v) is 4.32. The molecule has 1 aromatic rings. The van der Waals surface area contributed by atoms with Crippen molar-refractivity contribution < 1.29 is 31.4 Å². The van der Waals surface area contributed by atoms with Crippen molar-refractivity contribution in [3.63, 3.8) is 0 Å². The fourth-order valence-electron chi connectivity index (χ4n) is 1.75. The summed E-state index contributed by atoms with van der Waals surface area (Å²) in [5.74, 6) is 0. The molecule has 1 unspecified atom stereocenters. The molecule has 0 aliphatic rings. The normalized spacial score (nSPS) is 14.2. The van der Waals surface area contributed by atoms with Crippen LogP contribution in [0, 0.1) is 6.92 Å². The van der Waals surface area contributed by atoms with E-state index >= 15 is 0 Å². The number of benzene rings is 1. The number of aliphatic hydroxyl groups is 1. The number of hydrogen-bond donors (Lipinski definition) is 2. The molecule has 0 aromatic heterocycles. The van der Waals surface area contributed by atoms with Crippen LogP contribution < -0.4 is 4.72 Å². The van der Waals surface area contributed by atoms with Crippen molar-refractivity contribution in [1.82, 2.24) is 4.72 Å². The number of halogens is 3. The molecule has 0 saturated carbocycles. The fraction of sp³-hybridized carbons (Fsp3) is 0.500. The lowest BCUT2D eigenvalue weighted by Crippen LogP contribution is -2.34. The Labute approximate surface area is 120 Å². The van der Waals surface area contributed by atoms with Gasteiger partial charge in [0.1, 0.15) is 0 Å². The van der Waals surface area contributed by atoms with Gasteiger partial charge in [0.05, 0.1) is 23.2 Å². The zero-order valence-corrected chi connectivity index (χ0v) is 12.3. The topological polar surface area (TPSA) is 75.6 Å². The molecule has 5 nitrogen and oxygen atoms in total. The largest absolute Gasteiger partial charge is 0.416 e. The first-order chi connectivity index (χ1) is 9.59. The van der Waals surface area contributed by atoms with Crippen LogP contribution >= 0.6 is 0 Å². The molecule has 1 aromatic carbocycles. The maximum Gasteiger partial charge on any atom is 0.416 e. The molecule has 0 radical (unpaired) electrons. The first-order valence-electron chi connectivity index (χ1n) is 5.93. The van der Waals surface area contributed by atoms with E-state index in [0.29, 0.717) is 0 Å². The minimum absolute atomic E-state index is 0.0932. The number of ether oxygens (including phenoxy) is 1. The highest BCUT2D eigenvalue weighted by molar-refractivity contribution is 7.89. The summed E-state index contributed by atoms with van der Waals surface area (Å²) in [4.78, 5) is -0.470. The van der Waals surface area contributed by atoms with Crippen molar-refractivity contribution in [2.45, 2.75) is 24.1 Å². The Balaban J connectivity index is 3.05. The fourth-order valence-corrected chi connectivity index (χ4v) is 3.09. The number of aliphatic hydroxyl groups excluding tert-OH is 1. The molecule has 2 N–H and O–H groups in total. The van der Waals surface area contributed by atoms with Crippen LogP contribution in [0.4, 0.5) is 13.2 Å². The van der Waals surface area contributed by atoms with Crippen molar-refractivity contribution in [2.75, 3.05) is 20.3 Å². The molecule has 0 fully saturated rings. The van der Waals surface area contributed by atoms with Crippen molar-refractivity contribution in [3.05, 3.63) is 29.3 Å². The summed E-state index contributed by atoms with van der Waals surface area (Å²) in [5, 5.41) is 9.38. The van der Waals surface area contributed by atoms with E-state index in [1.165, 1.54) is 7.11 Å². The summed E-state index contributed by atoms with van der Waals surface area (Å²) in [6, 6.07) is 2.92. The van der Waals surface area contributed by atoms with Gasteiger partial charge in [-0.05, 0) is 24.6 Å². The highest BCUT2D eigenvalue weighted by atomic mass is 32.2. The van der Waals surface area contributed by atoms with Gasteiger partial charge in [0, 0.05) is 13.7 Å². The quantitative estimate of drug-likeness (QED) is 0.826. The summed E-state index contributed by atoms with van der Waals surface area (Å²) in [6.07, 6.45) is -5.72. The number of rotatable bonds is 6. The number of methoxy groups -OCH3 is 1. The molecule has 0 aliphatic heterocycles.